The van der Waals surface area contributed by atoms with Crippen LogP contribution in [-0.2, 0) is 11.8 Å². The minimum Gasteiger partial charge on any atom is -0.325 e. The lowest BCUT2D eigenvalue weighted by molar-refractivity contribution is -0.387. The molecular formula is C19H18FN5O3S. The second-order valence-electron chi connectivity index (χ2n) is 6.35. The van der Waals surface area contributed by atoms with E-state index in [2.05, 4.69) is 15.5 Å². The number of benzene rings is 2. The topological polar surface area (TPSA) is 103 Å². The summed E-state index contributed by atoms with van der Waals surface area (Å²) in [5.74, 6) is -0.665. The van der Waals surface area contributed by atoms with E-state index in [1.807, 2.05) is 38.2 Å². The lowest BCUT2D eigenvalue weighted by Gasteiger charge is -2.12. The minimum atomic E-state index is -0.960. The summed E-state index contributed by atoms with van der Waals surface area (Å²) in [6.07, 6.45) is 0. The number of rotatable bonds is 6. The van der Waals surface area contributed by atoms with Crippen molar-refractivity contribution in [3.8, 4) is 11.4 Å². The largest absolute Gasteiger partial charge is 0.325 e. The zero-order valence-electron chi connectivity index (χ0n) is 15.9. The molecule has 1 N–H and O–H groups in total. The van der Waals surface area contributed by atoms with Gasteiger partial charge in [0, 0.05) is 24.4 Å². The van der Waals surface area contributed by atoms with Gasteiger partial charge in [-0.1, -0.05) is 36.0 Å². The van der Waals surface area contributed by atoms with Gasteiger partial charge in [-0.15, -0.1) is 10.2 Å². The van der Waals surface area contributed by atoms with Crippen molar-refractivity contribution in [3.63, 3.8) is 0 Å². The highest BCUT2D eigenvalue weighted by molar-refractivity contribution is 8.00. The zero-order valence-corrected chi connectivity index (χ0v) is 16.7. The number of halogens is 1. The number of anilines is 1. The molecule has 0 bridgehead atoms. The Kier molecular flexibility index (Phi) is 5.92. The Morgan fingerprint density at radius 2 is 2.00 bits per heavy atom. The summed E-state index contributed by atoms with van der Waals surface area (Å²) < 4.78 is 15.2. The molecule has 1 unspecified atom stereocenters. The fourth-order valence-electron chi connectivity index (χ4n) is 2.66. The molecule has 0 aliphatic carbocycles. The number of carbonyl (C=O) groups excluding carboxylic acids is 1. The molecule has 150 valence electrons. The van der Waals surface area contributed by atoms with Crippen LogP contribution in [0, 0.1) is 22.9 Å². The Labute approximate surface area is 170 Å². The van der Waals surface area contributed by atoms with E-state index in [4.69, 9.17) is 0 Å². The molecule has 3 rings (SSSR count). The summed E-state index contributed by atoms with van der Waals surface area (Å²) in [6, 6.07) is 11.0. The standard InChI is InChI=1S/C19H18FN5O3S/c1-11-6-4-5-7-14(11)17-22-23-19(24(17)3)29-12(2)18(26)21-13-8-9-15(20)16(10-13)25(27)28/h4-10,12H,1-3H3,(H,21,26). The quantitative estimate of drug-likeness (QED) is 0.371. The number of nitro benzene ring substituents is 1. The number of nitrogens with one attached hydrogen (secondary N) is 1. The van der Waals surface area contributed by atoms with Crippen LogP contribution in [0.25, 0.3) is 11.4 Å². The van der Waals surface area contributed by atoms with E-state index in [-0.39, 0.29) is 5.69 Å². The first-order valence-electron chi connectivity index (χ1n) is 8.64. The van der Waals surface area contributed by atoms with Crippen LogP contribution in [0.2, 0.25) is 0 Å². The molecule has 10 heteroatoms. The molecule has 0 fully saturated rings. The maximum absolute atomic E-state index is 13.4. The van der Waals surface area contributed by atoms with Gasteiger partial charge in [0.25, 0.3) is 0 Å². The van der Waals surface area contributed by atoms with Gasteiger partial charge in [-0.25, -0.2) is 0 Å². The Morgan fingerprint density at radius 3 is 2.69 bits per heavy atom. The number of amides is 1. The molecule has 3 aromatic rings. The third-order valence-electron chi connectivity index (χ3n) is 4.28. The monoisotopic (exact) mass is 415 g/mol. The van der Waals surface area contributed by atoms with E-state index in [9.17, 15) is 19.3 Å². The molecule has 8 nitrogen and oxygen atoms in total. The molecule has 1 amide bonds. The van der Waals surface area contributed by atoms with E-state index in [1.165, 1.54) is 17.8 Å². The summed E-state index contributed by atoms with van der Waals surface area (Å²) in [4.78, 5) is 22.5. The summed E-state index contributed by atoms with van der Waals surface area (Å²) >= 11 is 1.20. The maximum Gasteiger partial charge on any atom is 0.306 e. The lowest BCUT2D eigenvalue weighted by atomic mass is 10.1. The number of nitro groups is 1. The molecule has 0 radical (unpaired) electrons. The van der Waals surface area contributed by atoms with Crippen molar-refractivity contribution < 1.29 is 14.1 Å². The molecule has 0 aliphatic rings. The van der Waals surface area contributed by atoms with E-state index in [0.717, 1.165) is 23.3 Å². The normalized spacial score (nSPS) is 11.9. The average Bonchev–Trinajstić information content (AvgIpc) is 3.03. The number of hydrogen-bond donors (Lipinski definition) is 1. The molecule has 29 heavy (non-hydrogen) atoms. The molecule has 1 heterocycles. The first-order valence-corrected chi connectivity index (χ1v) is 9.52. The number of aryl methyl sites for hydroxylation is 1. The van der Waals surface area contributed by atoms with Gasteiger partial charge < -0.3 is 9.88 Å². The molecule has 0 aliphatic heterocycles. The van der Waals surface area contributed by atoms with Gasteiger partial charge in [0.15, 0.2) is 11.0 Å². The van der Waals surface area contributed by atoms with Crippen LogP contribution < -0.4 is 5.32 Å². The third kappa shape index (κ3) is 4.43. The molecule has 0 saturated carbocycles. The fourth-order valence-corrected chi connectivity index (χ4v) is 3.48. The van der Waals surface area contributed by atoms with Crippen molar-refractivity contribution in [3.05, 3.63) is 64.0 Å². The number of nitrogens with zero attached hydrogens (tertiary/aromatic N) is 4. The van der Waals surface area contributed by atoms with E-state index in [1.54, 1.807) is 11.5 Å². The highest BCUT2D eigenvalue weighted by Crippen LogP contribution is 2.28. The highest BCUT2D eigenvalue weighted by atomic mass is 32.2. The second-order valence-corrected chi connectivity index (χ2v) is 7.66. The molecule has 0 saturated heterocycles. The SMILES string of the molecule is Cc1ccccc1-c1nnc(SC(C)C(=O)Nc2ccc(F)c([N+](=O)[O-])c2)n1C. The zero-order chi connectivity index (χ0) is 21.1. The van der Waals surface area contributed by atoms with Crippen molar-refractivity contribution in [1.82, 2.24) is 14.8 Å². The lowest BCUT2D eigenvalue weighted by Crippen LogP contribution is -2.23. The fraction of sp³-hybridized carbons (Fsp3) is 0.211. The Hall–Kier alpha value is -3.27. The van der Waals surface area contributed by atoms with Crippen LogP contribution in [0.3, 0.4) is 0 Å². The summed E-state index contributed by atoms with van der Waals surface area (Å²) in [6.45, 7) is 3.66. The van der Waals surface area contributed by atoms with Crippen LogP contribution in [0.5, 0.6) is 0 Å². The maximum atomic E-state index is 13.4. The predicted octanol–water partition coefficient (Wildman–Crippen LogP) is 3.96. The van der Waals surface area contributed by atoms with Crippen LogP contribution in [-0.4, -0.2) is 30.8 Å². The predicted molar refractivity (Wildman–Crippen MR) is 108 cm³/mol. The van der Waals surface area contributed by atoms with E-state index < -0.39 is 27.6 Å². The van der Waals surface area contributed by atoms with E-state index >= 15 is 0 Å². The van der Waals surface area contributed by atoms with Gasteiger partial charge in [-0.2, -0.15) is 4.39 Å². The number of thioether (sulfide) groups is 1. The molecule has 2 aromatic carbocycles. The van der Waals surface area contributed by atoms with Gasteiger partial charge >= 0.3 is 5.69 Å². The Bertz CT molecular complexity index is 1090. The number of aromatic nitrogens is 3. The van der Waals surface area contributed by atoms with Crippen molar-refractivity contribution >= 4 is 29.0 Å². The van der Waals surface area contributed by atoms with Crippen LogP contribution >= 0.6 is 11.8 Å². The summed E-state index contributed by atoms with van der Waals surface area (Å²) in [7, 11) is 1.82. The van der Waals surface area contributed by atoms with Gasteiger partial charge in [-0.3, -0.25) is 14.9 Å². The third-order valence-corrected chi connectivity index (χ3v) is 5.42. The molecule has 1 atom stereocenters. The van der Waals surface area contributed by atoms with Crippen molar-refractivity contribution in [2.45, 2.75) is 24.3 Å². The highest BCUT2D eigenvalue weighted by Gasteiger charge is 2.21. The van der Waals surface area contributed by atoms with Crippen LogP contribution in [0.1, 0.15) is 12.5 Å². The Balaban J connectivity index is 1.73. The summed E-state index contributed by atoms with van der Waals surface area (Å²) in [5.41, 5.74) is 1.46. The molecule has 0 spiro atoms. The first kappa shape index (κ1) is 20.5. The van der Waals surface area contributed by atoms with Gasteiger partial charge in [-0.05, 0) is 31.5 Å². The van der Waals surface area contributed by atoms with Gasteiger partial charge in [0.1, 0.15) is 0 Å². The van der Waals surface area contributed by atoms with Crippen molar-refractivity contribution in [1.29, 1.82) is 0 Å². The van der Waals surface area contributed by atoms with Crippen LogP contribution in [0.15, 0.2) is 47.6 Å². The summed E-state index contributed by atoms with van der Waals surface area (Å²) in [5, 5.41) is 21.8. The average molecular weight is 415 g/mol. The molecular weight excluding hydrogens is 397 g/mol. The number of carbonyl (C=O) groups is 1. The van der Waals surface area contributed by atoms with E-state index in [0.29, 0.717) is 11.0 Å². The van der Waals surface area contributed by atoms with Gasteiger partial charge in [0.05, 0.1) is 10.2 Å². The van der Waals surface area contributed by atoms with Crippen molar-refractivity contribution in [2.75, 3.05) is 5.32 Å². The second kappa shape index (κ2) is 8.39. The van der Waals surface area contributed by atoms with Crippen molar-refractivity contribution in [2.24, 2.45) is 7.05 Å². The van der Waals surface area contributed by atoms with Gasteiger partial charge in [0.2, 0.25) is 11.7 Å². The molecule has 1 aromatic heterocycles. The minimum absolute atomic E-state index is 0.147. The smallest absolute Gasteiger partial charge is 0.306 e. The number of hydrogen-bond acceptors (Lipinski definition) is 6. The first-order chi connectivity index (χ1) is 13.8. The van der Waals surface area contributed by atoms with Crippen LogP contribution in [0.4, 0.5) is 15.8 Å². The Morgan fingerprint density at radius 1 is 1.28 bits per heavy atom.